The summed E-state index contributed by atoms with van der Waals surface area (Å²) in [6.07, 6.45) is 1.13. The van der Waals surface area contributed by atoms with E-state index in [4.69, 9.17) is 15.5 Å². The minimum atomic E-state index is -0.486. The van der Waals surface area contributed by atoms with Crippen LogP contribution in [0.4, 0.5) is 0 Å². The molecule has 0 bridgehead atoms. The highest BCUT2D eigenvalue weighted by atomic mass is 16.5. The summed E-state index contributed by atoms with van der Waals surface area (Å²) in [5.41, 5.74) is 7.55. The molecule has 148 valence electrons. The Labute approximate surface area is 166 Å². The minimum Gasteiger partial charge on any atom is -0.484 e. The molecule has 3 N–H and O–H groups in total. The summed E-state index contributed by atoms with van der Waals surface area (Å²) in [5.74, 6) is 1.61. The Bertz CT molecular complexity index is 807. The maximum Gasteiger partial charge on any atom is 0.255 e. The van der Waals surface area contributed by atoms with Crippen molar-refractivity contribution in [1.82, 2.24) is 10.2 Å². The van der Waals surface area contributed by atoms with E-state index in [0.717, 1.165) is 37.6 Å². The van der Waals surface area contributed by atoms with Crippen LogP contribution < -0.4 is 15.8 Å². The fraction of sp³-hybridized carbons (Fsp3) is 0.364. The SMILES string of the molecule is CCNC(=NCc1cccc(OCC(N)=O)c1)N1CCC(c2ccccc2)C1. The molecule has 0 aliphatic carbocycles. The lowest BCUT2D eigenvalue weighted by atomic mass is 9.99. The van der Waals surface area contributed by atoms with Gasteiger partial charge in [-0.2, -0.15) is 0 Å². The average Bonchev–Trinajstić information content (AvgIpc) is 3.21. The van der Waals surface area contributed by atoms with Crippen LogP contribution in [-0.4, -0.2) is 43.0 Å². The van der Waals surface area contributed by atoms with Gasteiger partial charge in [0.05, 0.1) is 6.54 Å². The number of hydrogen-bond donors (Lipinski definition) is 2. The second kappa shape index (κ2) is 9.78. The number of guanidine groups is 1. The smallest absolute Gasteiger partial charge is 0.255 e. The molecule has 0 saturated carbocycles. The zero-order chi connectivity index (χ0) is 19.8. The summed E-state index contributed by atoms with van der Waals surface area (Å²) in [5, 5.41) is 3.41. The molecule has 0 radical (unpaired) electrons. The second-order valence-electron chi connectivity index (χ2n) is 6.91. The highest BCUT2D eigenvalue weighted by Gasteiger charge is 2.25. The van der Waals surface area contributed by atoms with Gasteiger partial charge in [0.25, 0.3) is 5.91 Å². The largest absolute Gasteiger partial charge is 0.484 e. The first-order valence-electron chi connectivity index (χ1n) is 9.74. The first-order chi connectivity index (χ1) is 13.7. The van der Waals surface area contributed by atoms with Gasteiger partial charge < -0.3 is 20.7 Å². The molecule has 1 fully saturated rings. The average molecular weight is 380 g/mol. The predicted molar refractivity (Wildman–Crippen MR) is 111 cm³/mol. The Morgan fingerprint density at radius 2 is 2.07 bits per heavy atom. The van der Waals surface area contributed by atoms with E-state index in [1.54, 1.807) is 0 Å². The first kappa shape index (κ1) is 19.7. The van der Waals surface area contributed by atoms with Gasteiger partial charge in [-0.3, -0.25) is 4.79 Å². The lowest BCUT2D eigenvalue weighted by Gasteiger charge is -2.22. The Morgan fingerprint density at radius 3 is 2.82 bits per heavy atom. The number of aliphatic imine (C=N–C) groups is 1. The van der Waals surface area contributed by atoms with Crippen LogP contribution >= 0.6 is 0 Å². The maximum absolute atomic E-state index is 10.9. The molecule has 2 aromatic carbocycles. The van der Waals surface area contributed by atoms with Crippen LogP contribution in [0.5, 0.6) is 5.75 Å². The Morgan fingerprint density at radius 1 is 1.25 bits per heavy atom. The summed E-state index contributed by atoms with van der Waals surface area (Å²) in [6.45, 7) is 5.29. The van der Waals surface area contributed by atoms with Gasteiger partial charge >= 0.3 is 0 Å². The van der Waals surface area contributed by atoms with E-state index in [1.165, 1.54) is 5.56 Å². The van der Waals surface area contributed by atoms with Gasteiger partial charge in [0, 0.05) is 25.6 Å². The molecule has 1 amide bonds. The summed E-state index contributed by atoms with van der Waals surface area (Å²) < 4.78 is 5.38. The molecule has 1 saturated heterocycles. The van der Waals surface area contributed by atoms with Crippen molar-refractivity contribution in [2.24, 2.45) is 10.7 Å². The monoisotopic (exact) mass is 380 g/mol. The quantitative estimate of drug-likeness (QED) is 0.571. The van der Waals surface area contributed by atoms with Crippen molar-refractivity contribution in [2.45, 2.75) is 25.8 Å². The number of hydrogen-bond acceptors (Lipinski definition) is 3. The standard InChI is InChI=1S/C22H28N4O2/c1-2-24-22(26-12-11-19(15-26)18-8-4-3-5-9-18)25-14-17-7-6-10-20(13-17)28-16-21(23)27/h3-10,13,19H,2,11-12,14-16H2,1H3,(H2,23,27)(H,24,25). The summed E-state index contributed by atoms with van der Waals surface area (Å²) in [6, 6.07) is 18.3. The van der Waals surface area contributed by atoms with Crippen molar-refractivity contribution in [2.75, 3.05) is 26.2 Å². The minimum absolute atomic E-state index is 0.121. The molecule has 1 aliphatic rings. The molecule has 28 heavy (non-hydrogen) atoms. The molecule has 1 atom stereocenters. The number of ether oxygens (including phenoxy) is 1. The molecule has 0 aromatic heterocycles. The first-order valence-corrected chi connectivity index (χ1v) is 9.74. The lowest BCUT2D eigenvalue weighted by Crippen LogP contribution is -2.40. The number of nitrogens with zero attached hydrogens (tertiary/aromatic N) is 2. The van der Waals surface area contributed by atoms with Crippen molar-refractivity contribution in [3.05, 3.63) is 65.7 Å². The van der Waals surface area contributed by atoms with Crippen LogP contribution in [0.25, 0.3) is 0 Å². The van der Waals surface area contributed by atoms with Gasteiger partial charge in [0.1, 0.15) is 5.75 Å². The number of nitrogens with two attached hydrogens (primary N) is 1. The molecule has 1 aliphatic heterocycles. The number of nitrogens with one attached hydrogen (secondary N) is 1. The molecule has 6 nitrogen and oxygen atoms in total. The zero-order valence-corrected chi connectivity index (χ0v) is 16.3. The molecular formula is C22H28N4O2. The van der Waals surface area contributed by atoms with E-state index >= 15 is 0 Å². The Hall–Kier alpha value is -3.02. The van der Waals surface area contributed by atoms with E-state index in [-0.39, 0.29) is 6.61 Å². The Balaban J connectivity index is 1.65. The second-order valence-corrected chi connectivity index (χ2v) is 6.91. The topological polar surface area (TPSA) is 80.0 Å². The van der Waals surface area contributed by atoms with Crippen LogP contribution in [0.1, 0.15) is 30.4 Å². The summed E-state index contributed by atoms with van der Waals surface area (Å²) >= 11 is 0. The molecule has 6 heteroatoms. The fourth-order valence-corrected chi connectivity index (χ4v) is 3.43. The van der Waals surface area contributed by atoms with Gasteiger partial charge in [0.2, 0.25) is 0 Å². The number of likely N-dealkylation sites (tertiary alicyclic amines) is 1. The van der Waals surface area contributed by atoms with Gasteiger partial charge in [-0.15, -0.1) is 0 Å². The molecule has 3 rings (SSSR count). The number of amides is 1. The predicted octanol–water partition coefficient (Wildman–Crippen LogP) is 2.51. The number of carbonyl (C=O) groups is 1. The number of rotatable bonds is 7. The molecular weight excluding hydrogens is 352 g/mol. The van der Waals surface area contributed by atoms with E-state index in [0.29, 0.717) is 18.2 Å². The third-order valence-electron chi connectivity index (χ3n) is 4.78. The van der Waals surface area contributed by atoms with Crippen LogP contribution in [0.3, 0.4) is 0 Å². The summed E-state index contributed by atoms with van der Waals surface area (Å²) in [4.78, 5) is 18.0. The van der Waals surface area contributed by atoms with Crippen molar-refractivity contribution < 1.29 is 9.53 Å². The summed E-state index contributed by atoms with van der Waals surface area (Å²) in [7, 11) is 0. The number of primary amides is 1. The van der Waals surface area contributed by atoms with Crippen LogP contribution in [0, 0.1) is 0 Å². The van der Waals surface area contributed by atoms with Crippen LogP contribution in [0.2, 0.25) is 0 Å². The van der Waals surface area contributed by atoms with Gasteiger partial charge in [-0.25, -0.2) is 4.99 Å². The molecule has 2 aromatic rings. The van der Waals surface area contributed by atoms with E-state index in [9.17, 15) is 4.79 Å². The van der Waals surface area contributed by atoms with E-state index in [1.807, 2.05) is 24.3 Å². The van der Waals surface area contributed by atoms with Gasteiger partial charge in [-0.05, 0) is 36.6 Å². The van der Waals surface area contributed by atoms with Crippen LogP contribution in [-0.2, 0) is 11.3 Å². The molecule has 1 unspecified atom stereocenters. The third kappa shape index (κ3) is 5.49. The maximum atomic E-state index is 10.9. The van der Waals surface area contributed by atoms with E-state index in [2.05, 4.69) is 47.5 Å². The van der Waals surface area contributed by atoms with Crippen molar-refractivity contribution in [3.8, 4) is 5.75 Å². The van der Waals surface area contributed by atoms with E-state index < -0.39 is 5.91 Å². The zero-order valence-electron chi connectivity index (χ0n) is 16.3. The fourth-order valence-electron chi connectivity index (χ4n) is 3.43. The van der Waals surface area contributed by atoms with Gasteiger partial charge in [-0.1, -0.05) is 42.5 Å². The molecule has 0 spiro atoms. The molecule has 1 heterocycles. The van der Waals surface area contributed by atoms with Gasteiger partial charge in [0.15, 0.2) is 12.6 Å². The normalized spacial score (nSPS) is 16.8. The van der Waals surface area contributed by atoms with Crippen molar-refractivity contribution in [1.29, 1.82) is 0 Å². The highest BCUT2D eigenvalue weighted by Crippen LogP contribution is 2.27. The third-order valence-corrected chi connectivity index (χ3v) is 4.78. The van der Waals surface area contributed by atoms with Crippen molar-refractivity contribution in [3.63, 3.8) is 0 Å². The number of carbonyl (C=O) groups excluding carboxylic acids is 1. The van der Waals surface area contributed by atoms with Crippen molar-refractivity contribution >= 4 is 11.9 Å². The number of benzene rings is 2. The van der Waals surface area contributed by atoms with Crippen LogP contribution in [0.15, 0.2) is 59.6 Å². The highest BCUT2D eigenvalue weighted by molar-refractivity contribution is 5.80. The Kier molecular flexibility index (Phi) is 6.89. The lowest BCUT2D eigenvalue weighted by molar-refractivity contribution is -0.119.